The zero-order valence-corrected chi connectivity index (χ0v) is 13.7. The lowest BCUT2D eigenvalue weighted by molar-refractivity contribution is -0.142. The van der Waals surface area contributed by atoms with Crippen LogP contribution in [0.25, 0.3) is 5.69 Å². The predicted molar refractivity (Wildman–Crippen MR) is 86.7 cm³/mol. The topological polar surface area (TPSA) is 102 Å². The molecule has 0 atom stereocenters. The number of carbonyl (C=O) groups is 2. The first-order valence-electron chi connectivity index (χ1n) is 7.48. The number of anilines is 1. The van der Waals surface area contributed by atoms with Crippen LogP contribution in [0.4, 0.5) is 19.0 Å². The number of carboxylic acid groups (broad SMARTS) is 1. The summed E-state index contributed by atoms with van der Waals surface area (Å²) in [6, 6.07) is 9.25. The Kier molecular flexibility index (Phi) is 4.44. The number of halogens is 3. The van der Waals surface area contributed by atoms with E-state index in [1.165, 1.54) is 31.3 Å². The molecule has 0 saturated carbocycles. The Balaban J connectivity index is 1.95. The third-order valence-corrected chi connectivity index (χ3v) is 3.57. The van der Waals surface area contributed by atoms with Crippen LogP contribution in [0, 0.1) is 0 Å². The van der Waals surface area contributed by atoms with Crippen molar-refractivity contribution in [3.8, 4) is 5.69 Å². The molecule has 0 spiro atoms. The molecule has 2 aromatic heterocycles. The van der Waals surface area contributed by atoms with Crippen LogP contribution in [-0.4, -0.2) is 36.5 Å². The molecule has 3 rings (SSSR count). The predicted octanol–water partition coefficient (Wildman–Crippen LogP) is 2.58. The zero-order valence-electron chi connectivity index (χ0n) is 13.7. The standard InChI is InChI=1S/C16H12F3N5O3/c1-23-11(15(26)27)8-13(22-23)20-14(25)10-7-12(16(17,18)19)24(21-10)9-5-3-2-4-6-9/h2-8H,1H3,(H,26,27)(H,20,22,25). The number of nitrogens with one attached hydrogen (secondary N) is 1. The van der Waals surface area contributed by atoms with Crippen molar-refractivity contribution >= 4 is 17.7 Å². The smallest absolute Gasteiger partial charge is 0.433 e. The molecule has 0 saturated heterocycles. The van der Waals surface area contributed by atoms with E-state index in [4.69, 9.17) is 5.11 Å². The van der Waals surface area contributed by atoms with Gasteiger partial charge >= 0.3 is 12.1 Å². The van der Waals surface area contributed by atoms with E-state index in [1.54, 1.807) is 6.07 Å². The molecule has 8 nitrogen and oxygen atoms in total. The zero-order chi connectivity index (χ0) is 19.8. The molecule has 1 amide bonds. The number of benzene rings is 1. The summed E-state index contributed by atoms with van der Waals surface area (Å²) >= 11 is 0. The number of hydrogen-bond donors (Lipinski definition) is 2. The van der Waals surface area contributed by atoms with Gasteiger partial charge < -0.3 is 10.4 Å². The molecule has 0 aliphatic carbocycles. The highest BCUT2D eigenvalue weighted by atomic mass is 19.4. The summed E-state index contributed by atoms with van der Waals surface area (Å²) in [5.74, 6) is -2.34. The molecule has 140 valence electrons. The Morgan fingerprint density at radius 3 is 2.33 bits per heavy atom. The number of aryl methyl sites for hydroxylation is 1. The van der Waals surface area contributed by atoms with Crippen molar-refractivity contribution in [2.24, 2.45) is 7.05 Å². The van der Waals surface area contributed by atoms with E-state index in [9.17, 15) is 22.8 Å². The van der Waals surface area contributed by atoms with Crippen molar-refractivity contribution in [3.05, 3.63) is 59.5 Å². The molecular formula is C16H12F3N5O3. The summed E-state index contributed by atoms with van der Waals surface area (Å²) < 4.78 is 41.6. The molecule has 0 aliphatic heterocycles. The first kappa shape index (κ1) is 18.2. The van der Waals surface area contributed by atoms with E-state index in [0.717, 1.165) is 10.7 Å². The Hall–Kier alpha value is -3.63. The van der Waals surface area contributed by atoms with Crippen LogP contribution in [-0.2, 0) is 13.2 Å². The Morgan fingerprint density at radius 1 is 1.11 bits per heavy atom. The number of carbonyl (C=O) groups excluding carboxylic acids is 1. The highest BCUT2D eigenvalue weighted by molar-refractivity contribution is 6.03. The van der Waals surface area contributed by atoms with Crippen molar-refractivity contribution < 1.29 is 27.9 Å². The maximum absolute atomic E-state index is 13.3. The van der Waals surface area contributed by atoms with Crippen LogP contribution in [0.3, 0.4) is 0 Å². The van der Waals surface area contributed by atoms with Crippen LogP contribution in [0.1, 0.15) is 26.7 Å². The molecule has 0 unspecified atom stereocenters. The summed E-state index contributed by atoms with van der Waals surface area (Å²) in [5, 5.41) is 18.7. The third kappa shape index (κ3) is 3.66. The second kappa shape index (κ2) is 6.59. The number of amides is 1. The number of nitrogens with zero attached hydrogens (tertiary/aromatic N) is 4. The van der Waals surface area contributed by atoms with Gasteiger partial charge in [0.2, 0.25) is 0 Å². The Bertz CT molecular complexity index is 1010. The van der Waals surface area contributed by atoms with E-state index in [0.29, 0.717) is 10.7 Å². The van der Waals surface area contributed by atoms with Gasteiger partial charge in [0, 0.05) is 19.2 Å². The van der Waals surface area contributed by atoms with Crippen molar-refractivity contribution in [3.63, 3.8) is 0 Å². The van der Waals surface area contributed by atoms with Crippen LogP contribution < -0.4 is 5.32 Å². The summed E-state index contributed by atoms with van der Waals surface area (Å²) in [6.45, 7) is 0. The lowest BCUT2D eigenvalue weighted by atomic mass is 10.3. The second-order valence-electron chi connectivity index (χ2n) is 5.46. The number of rotatable bonds is 4. The van der Waals surface area contributed by atoms with E-state index < -0.39 is 29.4 Å². The molecule has 0 radical (unpaired) electrons. The van der Waals surface area contributed by atoms with E-state index >= 15 is 0 Å². The fourth-order valence-corrected chi connectivity index (χ4v) is 2.37. The highest BCUT2D eigenvalue weighted by Crippen LogP contribution is 2.31. The van der Waals surface area contributed by atoms with Crippen LogP contribution in [0.15, 0.2) is 42.5 Å². The summed E-state index contributed by atoms with van der Waals surface area (Å²) in [6.07, 6.45) is -4.73. The van der Waals surface area contributed by atoms with Gasteiger partial charge in [-0.15, -0.1) is 0 Å². The number of para-hydroxylation sites is 1. The van der Waals surface area contributed by atoms with Gasteiger partial charge in [0.15, 0.2) is 11.5 Å². The first-order chi connectivity index (χ1) is 12.7. The van der Waals surface area contributed by atoms with Gasteiger partial charge in [-0.05, 0) is 12.1 Å². The summed E-state index contributed by atoms with van der Waals surface area (Å²) in [4.78, 5) is 23.3. The molecule has 2 heterocycles. The van der Waals surface area contributed by atoms with Crippen molar-refractivity contribution in [1.29, 1.82) is 0 Å². The van der Waals surface area contributed by atoms with Crippen molar-refractivity contribution in [1.82, 2.24) is 19.6 Å². The molecule has 0 bridgehead atoms. The molecule has 3 aromatic rings. The maximum atomic E-state index is 13.3. The lowest BCUT2D eigenvalue weighted by Gasteiger charge is -2.09. The Labute approximate surface area is 149 Å². The highest BCUT2D eigenvalue weighted by Gasteiger charge is 2.37. The van der Waals surface area contributed by atoms with E-state index in [1.807, 2.05) is 0 Å². The third-order valence-electron chi connectivity index (χ3n) is 3.57. The van der Waals surface area contributed by atoms with Gasteiger partial charge in [0.05, 0.1) is 5.69 Å². The average molecular weight is 379 g/mol. The average Bonchev–Trinajstić information content (AvgIpc) is 3.19. The quantitative estimate of drug-likeness (QED) is 0.725. The largest absolute Gasteiger partial charge is 0.477 e. The second-order valence-corrected chi connectivity index (χ2v) is 5.46. The van der Waals surface area contributed by atoms with Gasteiger partial charge in [-0.25, -0.2) is 9.48 Å². The molecule has 1 aromatic carbocycles. The van der Waals surface area contributed by atoms with Crippen molar-refractivity contribution in [2.45, 2.75) is 6.18 Å². The lowest BCUT2D eigenvalue weighted by Crippen LogP contribution is -2.14. The van der Waals surface area contributed by atoms with Crippen molar-refractivity contribution in [2.75, 3.05) is 5.32 Å². The first-order valence-corrected chi connectivity index (χ1v) is 7.48. The van der Waals surface area contributed by atoms with Gasteiger partial charge in [-0.3, -0.25) is 9.48 Å². The Morgan fingerprint density at radius 2 is 1.78 bits per heavy atom. The monoisotopic (exact) mass is 379 g/mol. The number of alkyl halides is 3. The maximum Gasteiger partial charge on any atom is 0.433 e. The van der Waals surface area contributed by atoms with E-state index in [2.05, 4.69) is 15.5 Å². The summed E-state index contributed by atoms with van der Waals surface area (Å²) in [7, 11) is 1.35. The molecular weight excluding hydrogens is 367 g/mol. The van der Waals surface area contributed by atoms with Gasteiger partial charge in [0.1, 0.15) is 11.4 Å². The molecule has 11 heteroatoms. The molecule has 2 N–H and O–H groups in total. The van der Waals surface area contributed by atoms with Crippen LogP contribution in [0.2, 0.25) is 0 Å². The summed E-state index contributed by atoms with van der Waals surface area (Å²) in [5.41, 5.74) is -1.68. The molecule has 27 heavy (non-hydrogen) atoms. The number of aromatic nitrogens is 4. The minimum absolute atomic E-state index is 0.122. The number of aromatic carboxylic acids is 1. The molecule has 0 aliphatic rings. The minimum Gasteiger partial charge on any atom is -0.477 e. The van der Waals surface area contributed by atoms with Gasteiger partial charge in [-0.2, -0.15) is 23.4 Å². The SMILES string of the molecule is Cn1nc(NC(=O)c2cc(C(F)(F)F)n(-c3ccccc3)n2)cc1C(=O)O. The molecule has 0 fully saturated rings. The fraction of sp³-hybridized carbons (Fsp3) is 0.125. The minimum atomic E-state index is -4.73. The van der Waals surface area contributed by atoms with E-state index in [-0.39, 0.29) is 17.2 Å². The number of hydrogen-bond acceptors (Lipinski definition) is 4. The van der Waals surface area contributed by atoms with Gasteiger partial charge in [-0.1, -0.05) is 18.2 Å². The number of carboxylic acids is 1. The van der Waals surface area contributed by atoms with Crippen LogP contribution in [0.5, 0.6) is 0 Å². The van der Waals surface area contributed by atoms with Gasteiger partial charge in [0.25, 0.3) is 5.91 Å². The van der Waals surface area contributed by atoms with Crippen LogP contribution >= 0.6 is 0 Å². The fourth-order valence-electron chi connectivity index (χ4n) is 2.37. The normalized spacial score (nSPS) is 11.4.